The maximum Gasteiger partial charge on any atom is 0.244 e. The molecule has 5 rings (SSSR count). The fraction of sp³-hybridized carbons (Fsp3) is 0.143. The fourth-order valence-corrected chi connectivity index (χ4v) is 3.89. The van der Waals surface area contributed by atoms with Gasteiger partial charge in [-0.3, -0.25) is 4.79 Å². The minimum Gasteiger partial charge on any atom is -0.488 e. The number of fused-ring (bicyclic) bond motifs is 2. The van der Waals surface area contributed by atoms with Crippen molar-refractivity contribution >= 4 is 22.9 Å². The molecule has 1 N–H and O–H groups in total. The van der Waals surface area contributed by atoms with E-state index < -0.39 is 0 Å². The molecule has 34 heavy (non-hydrogen) atoms. The molecule has 0 aliphatic carbocycles. The molecule has 4 aromatic carbocycles. The average molecular weight is 453 g/mol. The summed E-state index contributed by atoms with van der Waals surface area (Å²) in [6.45, 7) is 1.48. The minimum absolute atomic E-state index is 0.188. The Hall–Kier alpha value is -4.32. The smallest absolute Gasteiger partial charge is 0.244 e. The molecule has 170 valence electrons. The van der Waals surface area contributed by atoms with Crippen LogP contribution in [0.15, 0.2) is 90.0 Å². The van der Waals surface area contributed by atoms with Crippen molar-refractivity contribution in [2.45, 2.75) is 13.0 Å². The van der Waals surface area contributed by atoms with Crippen LogP contribution in [0.2, 0.25) is 0 Å². The van der Waals surface area contributed by atoms with Crippen molar-refractivity contribution in [1.29, 1.82) is 0 Å². The summed E-state index contributed by atoms with van der Waals surface area (Å²) in [5.74, 6) is 1.84. The summed E-state index contributed by atoms with van der Waals surface area (Å²) in [4.78, 5) is 12.4. The number of hydrazone groups is 1. The van der Waals surface area contributed by atoms with E-state index in [-0.39, 0.29) is 12.3 Å². The predicted molar refractivity (Wildman–Crippen MR) is 132 cm³/mol. The monoisotopic (exact) mass is 452 g/mol. The van der Waals surface area contributed by atoms with E-state index in [9.17, 15) is 4.79 Å². The highest BCUT2D eigenvalue weighted by Gasteiger charge is 2.13. The number of para-hydroxylation sites is 1. The van der Waals surface area contributed by atoms with E-state index in [1.807, 2.05) is 60.7 Å². The van der Waals surface area contributed by atoms with Gasteiger partial charge in [-0.05, 0) is 46.2 Å². The first kappa shape index (κ1) is 21.5. The van der Waals surface area contributed by atoms with E-state index in [0.29, 0.717) is 37.1 Å². The Morgan fingerprint density at radius 2 is 1.71 bits per heavy atom. The van der Waals surface area contributed by atoms with E-state index >= 15 is 0 Å². The van der Waals surface area contributed by atoms with Gasteiger partial charge >= 0.3 is 0 Å². The first-order chi connectivity index (χ1) is 16.8. The molecule has 0 spiro atoms. The molecule has 1 heterocycles. The van der Waals surface area contributed by atoms with Crippen molar-refractivity contribution in [2.75, 3.05) is 13.2 Å². The van der Waals surface area contributed by atoms with Gasteiger partial charge in [-0.25, -0.2) is 5.43 Å². The molecule has 0 saturated carbocycles. The van der Waals surface area contributed by atoms with Crippen LogP contribution in [0.4, 0.5) is 0 Å². The third-order valence-electron chi connectivity index (χ3n) is 5.55. The lowest BCUT2D eigenvalue weighted by Crippen LogP contribution is -2.20. The van der Waals surface area contributed by atoms with Crippen molar-refractivity contribution in [3.8, 4) is 17.2 Å². The summed E-state index contributed by atoms with van der Waals surface area (Å²) in [7, 11) is 0. The number of nitrogens with zero attached hydrogens (tertiary/aromatic N) is 1. The normalized spacial score (nSPS) is 12.6. The van der Waals surface area contributed by atoms with Crippen LogP contribution in [0.5, 0.6) is 17.2 Å². The summed E-state index contributed by atoms with van der Waals surface area (Å²) in [5.41, 5.74) is 5.31. The highest BCUT2D eigenvalue weighted by atomic mass is 16.6. The number of ether oxygens (including phenoxy) is 3. The molecule has 1 aliphatic heterocycles. The number of carbonyl (C=O) groups is 1. The molecule has 0 unspecified atom stereocenters. The number of benzene rings is 4. The van der Waals surface area contributed by atoms with Gasteiger partial charge < -0.3 is 14.2 Å². The summed E-state index contributed by atoms with van der Waals surface area (Å²) in [5, 5.41) is 6.48. The number of hydrogen-bond donors (Lipinski definition) is 1. The molecule has 1 amide bonds. The van der Waals surface area contributed by atoms with E-state index in [1.165, 1.54) is 10.8 Å². The maximum atomic E-state index is 12.4. The molecular formula is C28H24N2O4. The lowest BCUT2D eigenvalue weighted by atomic mass is 10.1. The van der Waals surface area contributed by atoms with Gasteiger partial charge in [0, 0.05) is 5.56 Å². The standard InChI is InChI=1S/C28H24N2O4/c31-28(17-20-12-13-26-27(16-20)33-15-14-32-26)30-29-18-22-7-2-4-11-25(22)34-19-23-9-5-8-21-6-1-3-10-24(21)23/h1-13,16,18H,14-15,17,19H2,(H,30,31)/b29-18+. The molecular weight excluding hydrogens is 428 g/mol. The Kier molecular flexibility index (Phi) is 6.38. The van der Waals surface area contributed by atoms with Gasteiger partial charge in [0.25, 0.3) is 0 Å². The molecule has 0 aromatic heterocycles. The van der Waals surface area contributed by atoms with Crippen molar-refractivity contribution in [3.63, 3.8) is 0 Å². The van der Waals surface area contributed by atoms with Gasteiger partial charge in [0.2, 0.25) is 5.91 Å². The van der Waals surface area contributed by atoms with E-state index in [0.717, 1.165) is 16.7 Å². The summed E-state index contributed by atoms with van der Waals surface area (Å²) >= 11 is 0. The minimum atomic E-state index is -0.220. The third-order valence-corrected chi connectivity index (χ3v) is 5.55. The van der Waals surface area contributed by atoms with Gasteiger partial charge in [0.1, 0.15) is 25.6 Å². The Morgan fingerprint density at radius 1 is 0.912 bits per heavy atom. The zero-order valence-corrected chi connectivity index (χ0v) is 18.6. The number of nitrogens with one attached hydrogen (secondary N) is 1. The van der Waals surface area contributed by atoms with Crippen molar-refractivity contribution in [1.82, 2.24) is 5.43 Å². The van der Waals surface area contributed by atoms with Crippen LogP contribution in [0.3, 0.4) is 0 Å². The topological polar surface area (TPSA) is 69.2 Å². The molecule has 1 aliphatic rings. The lowest BCUT2D eigenvalue weighted by Gasteiger charge is -2.18. The van der Waals surface area contributed by atoms with Gasteiger partial charge in [-0.2, -0.15) is 5.10 Å². The number of rotatable bonds is 7. The van der Waals surface area contributed by atoms with Crippen molar-refractivity contribution < 1.29 is 19.0 Å². The second-order valence-electron chi connectivity index (χ2n) is 7.91. The van der Waals surface area contributed by atoms with Crippen LogP contribution in [0.1, 0.15) is 16.7 Å². The van der Waals surface area contributed by atoms with E-state index in [4.69, 9.17) is 14.2 Å². The quantitative estimate of drug-likeness (QED) is 0.320. The van der Waals surface area contributed by atoms with Gasteiger partial charge in [0.15, 0.2) is 11.5 Å². The lowest BCUT2D eigenvalue weighted by molar-refractivity contribution is -0.120. The SMILES string of the molecule is O=C(Cc1ccc2c(c1)OCCO2)N/N=C/c1ccccc1OCc1cccc2ccccc12. The highest BCUT2D eigenvalue weighted by Crippen LogP contribution is 2.30. The summed E-state index contributed by atoms with van der Waals surface area (Å²) < 4.78 is 17.2. The van der Waals surface area contributed by atoms with Crippen LogP contribution >= 0.6 is 0 Å². The second-order valence-corrected chi connectivity index (χ2v) is 7.91. The van der Waals surface area contributed by atoms with Crippen molar-refractivity contribution in [3.05, 3.63) is 102 Å². The highest BCUT2D eigenvalue weighted by molar-refractivity contribution is 5.86. The second kappa shape index (κ2) is 10.1. The molecule has 6 heteroatoms. The zero-order chi connectivity index (χ0) is 23.2. The van der Waals surface area contributed by atoms with Crippen molar-refractivity contribution in [2.24, 2.45) is 5.10 Å². The Bertz CT molecular complexity index is 1340. The Balaban J connectivity index is 1.21. The molecule has 6 nitrogen and oxygen atoms in total. The molecule has 0 radical (unpaired) electrons. The first-order valence-corrected chi connectivity index (χ1v) is 11.2. The summed E-state index contributed by atoms with van der Waals surface area (Å²) in [6, 6.07) is 27.5. The molecule has 4 aromatic rings. The molecule has 0 saturated heterocycles. The van der Waals surface area contributed by atoms with E-state index in [2.05, 4.69) is 34.8 Å². The average Bonchev–Trinajstić information content (AvgIpc) is 2.88. The molecule has 0 atom stereocenters. The first-order valence-electron chi connectivity index (χ1n) is 11.2. The fourth-order valence-electron chi connectivity index (χ4n) is 3.89. The van der Waals surface area contributed by atoms with E-state index in [1.54, 1.807) is 6.21 Å². The maximum absolute atomic E-state index is 12.4. The number of hydrogen-bond acceptors (Lipinski definition) is 5. The van der Waals surface area contributed by atoms with Crippen LogP contribution in [0.25, 0.3) is 10.8 Å². The largest absolute Gasteiger partial charge is 0.488 e. The molecule has 0 bridgehead atoms. The number of carbonyl (C=O) groups excluding carboxylic acids is 1. The van der Waals surface area contributed by atoms with Crippen LogP contribution in [-0.4, -0.2) is 25.3 Å². The third kappa shape index (κ3) is 5.02. The Labute approximate surface area is 197 Å². The zero-order valence-electron chi connectivity index (χ0n) is 18.6. The van der Waals surface area contributed by atoms with Crippen LogP contribution in [0, 0.1) is 0 Å². The number of amides is 1. The predicted octanol–water partition coefficient (Wildman–Crippen LogP) is 4.88. The van der Waals surface area contributed by atoms with Crippen LogP contribution < -0.4 is 19.6 Å². The van der Waals surface area contributed by atoms with Gasteiger partial charge in [-0.1, -0.05) is 60.7 Å². The van der Waals surface area contributed by atoms with Crippen LogP contribution in [-0.2, 0) is 17.8 Å². The van der Waals surface area contributed by atoms with Gasteiger partial charge in [0.05, 0.1) is 12.6 Å². The summed E-state index contributed by atoms with van der Waals surface area (Å²) in [6.07, 6.45) is 1.79. The molecule has 0 fully saturated rings. The van der Waals surface area contributed by atoms with Gasteiger partial charge in [-0.15, -0.1) is 0 Å². The Morgan fingerprint density at radius 3 is 2.65 bits per heavy atom.